The molecule has 3 rings (SSSR count). The number of amides is 1. The summed E-state index contributed by atoms with van der Waals surface area (Å²) in [5, 5.41) is 18.6. The number of benzene rings is 2. The monoisotopic (exact) mass is 482 g/mol. The Morgan fingerprint density at radius 3 is 2.56 bits per heavy atom. The molecule has 0 aliphatic rings. The van der Waals surface area contributed by atoms with E-state index >= 15 is 0 Å². The average molecular weight is 483 g/mol. The van der Waals surface area contributed by atoms with Gasteiger partial charge in [0, 0.05) is 35.6 Å². The number of nitrogens with zero attached hydrogens (tertiary/aromatic N) is 1. The van der Waals surface area contributed by atoms with Gasteiger partial charge in [-0.3, -0.25) is 10.1 Å². The van der Waals surface area contributed by atoms with Gasteiger partial charge >= 0.3 is 0 Å². The van der Waals surface area contributed by atoms with Crippen LogP contribution in [-0.4, -0.2) is 16.9 Å². The van der Waals surface area contributed by atoms with E-state index in [2.05, 4.69) is 22.5 Å². The van der Waals surface area contributed by atoms with Crippen molar-refractivity contribution in [2.45, 2.75) is 58.4 Å². The highest BCUT2D eigenvalue weighted by molar-refractivity contribution is 7.14. The molecule has 2 N–H and O–H groups in total. The molecule has 1 heterocycles. The Morgan fingerprint density at radius 2 is 1.82 bits per heavy atom. The molecule has 0 saturated heterocycles. The maximum absolute atomic E-state index is 13.8. The van der Waals surface area contributed by atoms with Crippen LogP contribution in [-0.2, 0) is 24.2 Å². The number of nitrogens with one attached hydrogen (secondary N) is 2. The van der Waals surface area contributed by atoms with Crippen molar-refractivity contribution >= 4 is 34.0 Å². The average Bonchev–Trinajstić information content (AvgIpc) is 3.24. The van der Waals surface area contributed by atoms with Crippen molar-refractivity contribution < 1.29 is 19.1 Å². The van der Waals surface area contributed by atoms with Gasteiger partial charge in [-0.1, -0.05) is 44.7 Å². The summed E-state index contributed by atoms with van der Waals surface area (Å²) in [7, 11) is 0. The number of carbonyl (C=O) groups is 2. The van der Waals surface area contributed by atoms with Crippen molar-refractivity contribution in [1.29, 1.82) is 0 Å². The zero-order valence-corrected chi connectivity index (χ0v) is 20.1. The highest BCUT2D eigenvalue weighted by Crippen LogP contribution is 2.22. The highest BCUT2D eigenvalue weighted by Gasteiger charge is 2.10. The summed E-state index contributed by atoms with van der Waals surface area (Å²) in [6.45, 7) is 2.74. The fourth-order valence-corrected chi connectivity index (χ4v) is 4.30. The van der Waals surface area contributed by atoms with Gasteiger partial charge in [0.25, 0.3) is 5.91 Å². The van der Waals surface area contributed by atoms with Crippen LogP contribution in [0.25, 0.3) is 0 Å². The molecule has 0 atom stereocenters. The van der Waals surface area contributed by atoms with Gasteiger partial charge in [-0.25, -0.2) is 9.37 Å². The lowest BCUT2D eigenvalue weighted by molar-refractivity contribution is -0.304. The van der Waals surface area contributed by atoms with Gasteiger partial charge < -0.3 is 15.2 Å². The zero-order chi connectivity index (χ0) is 24.3. The van der Waals surface area contributed by atoms with E-state index < -0.39 is 5.97 Å². The fourth-order valence-electron chi connectivity index (χ4n) is 3.59. The first-order chi connectivity index (χ1) is 16.4. The van der Waals surface area contributed by atoms with E-state index in [1.54, 1.807) is 29.6 Å². The molecule has 0 saturated carbocycles. The predicted octanol–water partition coefficient (Wildman–Crippen LogP) is 4.95. The lowest BCUT2D eigenvalue weighted by Gasteiger charge is -2.13. The molecule has 0 fully saturated rings. The number of carbonyl (C=O) groups excluding carboxylic acids is 2. The fraction of sp³-hybridized carbons (Fsp3) is 0.346. The molecule has 180 valence electrons. The minimum atomic E-state index is -1.22. The second-order valence-electron chi connectivity index (χ2n) is 8.16. The number of hydrogen-bond acceptors (Lipinski definition) is 6. The molecule has 8 heteroatoms. The normalized spacial score (nSPS) is 10.8. The Kier molecular flexibility index (Phi) is 9.58. The second-order valence-corrected chi connectivity index (χ2v) is 9.02. The minimum Gasteiger partial charge on any atom is -0.550 e. The van der Waals surface area contributed by atoms with E-state index in [0.29, 0.717) is 22.9 Å². The van der Waals surface area contributed by atoms with Crippen molar-refractivity contribution in [3.8, 4) is 0 Å². The molecule has 6 nitrogen and oxygen atoms in total. The van der Waals surface area contributed by atoms with E-state index in [4.69, 9.17) is 0 Å². The summed E-state index contributed by atoms with van der Waals surface area (Å²) in [6, 6.07) is 12.0. The minimum absolute atomic E-state index is 0.226. The van der Waals surface area contributed by atoms with E-state index in [-0.39, 0.29) is 18.1 Å². The smallest absolute Gasteiger partial charge is 0.257 e. The number of rotatable bonds is 13. The van der Waals surface area contributed by atoms with Crippen LogP contribution in [0.2, 0.25) is 0 Å². The lowest BCUT2D eigenvalue weighted by Crippen LogP contribution is -2.24. The maximum Gasteiger partial charge on any atom is 0.257 e. The quantitative estimate of drug-likeness (QED) is 0.336. The standard InChI is InChI=1S/C26H30FN3O3S/c1-2-3-4-5-6-7-20-14-21(27)12-13-23(20)28-16-18-8-10-19(11-9-18)25(33)30-26-29-22(17-34-26)15-24(31)32/h8-14,17,28H,2-7,15-16H2,1H3,(H,31,32)(H,29,30,33)/p-1. The summed E-state index contributed by atoms with van der Waals surface area (Å²) in [5.74, 6) is -1.76. The third-order valence-electron chi connectivity index (χ3n) is 5.41. The number of carboxylic acids is 1. The van der Waals surface area contributed by atoms with E-state index in [1.165, 1.54) is 25.3 Å². The number of aryl methyl sites for hydroxylation is 1. The molecule has 3 aromatic rings. The maximum atomic E-state index is 13.8. The van der Waals surface area contributed by atoms with Gasteiger partial charge in [0.15, 0.2) is 5.13 Å². The van der Waals surface area contributed by atoms with Crippen LogP contribution >= 0.6 is 11.3 Å². The Labute approximate surface area is 203 Å². The van der Waals surface area contributed by atoms with Gasteiger partial charge in [0.05, 0.1) is 5.69 Å². The molecular weight excluding hydrogens is 453 g/mol. The summed E-state index contributed by atoms with van der Waals surface area (Å²) >= 11 is 1.16. The first-order valence-electron chi connectivity index (χ1n) is 11.5. The Hall–Kier alpha value is -3.26. The molecule has 0 radical (unpaired) electrons. The zero-order valence-electron chi connectivity index (χ0n) is 19.2. The Balaban J connectivity index is 1.54. The first-order valence-corrected chi connectivity index (χ1v) is 12.4. The third-order valence-corrected chi connectivity index (χ3v) is 6.22. The number of hydrogen-bond donors (Lipinski definition) is 2. The van der Waals surface area contributed by atoms with Crippen LogP contribution in [0.1, 0.15) is 66.2 Å². The van der Waals surface area contributed by atoms with E-state index in [9.17, 15) is 19.1 Å². The number of anilines is 2. The number of carboxylic acid groups (broad SMARTS) is 1. The summed E-state index contributed by atoms with van der Waals surface area (Å²) in [5.41, 5.74) is 3.71. The summed E-state index contributed by atoms with van der Waals surface area (Å²) in [4.78, 5) is 27.2. The Bertz CT molecular complexity index is 1100. The van der Waals surface area contributed by atoms with Gasteiger partial charge in [0.2, 0.25) is 0 Å². The van der Waals surface area contributed by atoms with Crippen LogP contribution in [0, 0.1) is 5.82 Å². The van der Waals surface area contributed by atoms with Crippen molar-refractivity contribution in [2.24, 2.45) is 0 Å². The largest absolute Gasteiger partial charge is 0.550 e. The molecule has 0 unspecified atom stereocenters. The number of halogens is 1. The van der Waals surface area contributed by atoms with Gasteiger partial charge in [-0.15, -0.1) is 11.3 Å². The van der Waals surface area contributed by atoms with E-state index in [1.807, 2.05) is 12.1 Å². The molecule has 34 heavy (non-hydrogen) atoms. The topological polar surface area (TPSA) is 94.2 Å². The SMILES string of the molecule is CCCCCCCc1cc(F)ccc1NCc1ccc(C(=O)Nc2nc(CC(=O)[O-])cs2)cc1. The molecule has 0 aliphatic carbocycles. The van der Waals surface area contributed by atoms with Gasteiger partial charge in [-0.05, 0) is 54.3 Å². The van der Waals surface area contributed by atoms with Crippen LogP contribution in [0.3, 0.4) is 0 Å². The van der Waals surface area contributed by atoms with Crippen LogP contribution in [0.15, 0.2) is 47.8 Å². The molecular formula is C26H29FN3O3S-. The van der Waals surface area contributed by atoms with E-state index in [0.717, 1.165) is 47.4 Å². The van der Waals surface area contributed by atoms with Crippen LogP contribution in [0.5, 0.6) is 0 Å². The van der Waals surface area contributed by atoms with Crippen molar-refractivity contribution in [3.05, 3.63) is 76.0 Å². The van der Waals surface area contributed by atoms with Gasteiger partial charge in [0.1, 0.15) is 5.82 Å². The van der Waals surface area contributed by atoms with Crippen molar-refractivity contribution in [3.63, 3.8) is 0 Å². The molecule has 0 aliphatic heterocycles. The molecule has 2 aromatic carbocycles. The third kappa shape index (κ3) is 7.95. The number of aliphatic carboxylic acids is 1. The van der Waals surface area contributed by atoms with Gasteiger partial charge in [-0.2, -0.15) is 0 Å². The van der Waals surface area contributed by atoms with Crippen LogP contribution in [0.4, 0.5) is 15.2 Å². The van der Waals surface area contributed by atoms with Crippen molar-refractivity contribution in [1.82, 2.24) is 4.98 Å². The van der Waals surface area contributed by atoms with Crippen LogP contribution < -0.4 is 15.7 Å². The molecule has 0 bridgehead atoms. The second kappa shape index (κ2) is 12.8. The molecule has 0 spiro atoms. The Morgan fingerprint density at radius 1 is 1.06 bits per heavy atom. The summed E-state index contributed by atoms with van der Waals surface area (Å²) in [6.07, 6.45) is 6.37. The summed E-state index contributed by atoms with van der Waals surface area (Å²) < 4.78 is 13.8. The first kappa shape index (κ1) is 25.4. The lowest BCUT2D eigenvalue weighted by atomic mass is 10.0. The molecule has 1 aromatic heterocycles. The molecule has 1 amide bonds. The number of unbranched alkanes of at least 4 members (excludes halogenated alkanes) is 4. The van der Waals surface area contributed by atoms with Crippen molar-refractivity contribution in [2.75, 3.05) is 10.6 Å². The highest BCUT2D eigenvalue weighted by atomic mass is 32.1. The number of aromatic nitrogens is 1. The predicted molar refractivity (Wildman–Crippen MR) is 131 cm³/mol. The number of thiazole rings is 1.